The van der Waals surface area contributed by atoms with Gasteiger partial charge in [0.25, 0.3) is 0 Å². The lowest BCUT2D eigenvalue weighted by molar-refractivity contribution is -0.136. The van der Waals surface area contributed by atoms with Crippen molar-refractivity contribution in [3.05, 3.63) is 24.5 Å². The molecule has 0 bridgehead atoms. The zero-order valence-corrected chi connectivity index (χ0v) is 8.38. The molecule has 1 heterocycles. The van der Waals surface area contributed by atoms with Crippen molar-refractivity contribution in [2.24, 2.45) is 4.99 Å². The number of pyridine rings is 1. The molecule has 15 heavy (non-hydrogen) atoms. The molecular formula is C10H12N2O3. The van der Waals surface area contributed by atoms with Crippen LogP contribution in [0.3, 0.4) is 0 Å². The Hall–Kier alpha value is -1.91. The van der Waals surface area contributed by atoms with Crippen LogP contribution in [0.15, 0.2) is 29.5 Å². The maximum absolute atomic E-state index is 10.3. The Morgan fingerprint density at radius 3 is 2.93 bits per heavy atom. The summed E-state index contributed by atoms with van der Waals surface area (Å²) in [5.41, 5.74) is 0.653. The highest BCUT2D eigenvalue weighted by molar-refractivity contribution is 5.82. The minimum atomic E-state index is -0.870. The van der Waals surface area contributed by atoms with Gasteiger partial charge in [-0.2, -0.15) is 0 Å². The summed E-state index contributed by atoms with van der Waals surface area (Å²) >= 11 is 0. The van der Waals surface area contributed by atoms with Crippen LogP contribution in [0.25, 0.3) is 0 Å². The smallest absolute Gasteiger partial charge is 0.303 e. The number of carboxylic acids is 1. The molecule has 1 N–H and O–H groups in total. The molecule has 1 aromatic heterocycles. The number of rotatable bonds is 4. The second-order valence-corrected chi connectivity index (χ2v) is 2.81. The third-order valence-corrected chi connectivity index (χ3v) is 1.69. The van der Waals surface area contributed by atoms with Gasteiger partial charge < -0.3 is 9.84 Å². The maximum Gasteiger partial charge on any atom is 0.303 e. The monoisotopic (exact) mass is 208 g/mol. The second-order valence-electron chi connectivity index (χ2n) is 2.81. The normalized spacial score (nSPS) is 11.1. The molecule has 1 aromatic rings. The summed E-state index contributed by atoms with van der Waals surface area (Å²) in [4.78, 5) is 18.4. The highest BCUT2D eigenvalue weighted by Crippen LogP contribution is 2.10. The molecule has 5 nitrogen and oxygen atoms in total. The number of aliphatic imine (C=N–C) groups is 1. The Kier molecular flexibility index (Phi) is 4.28. The molecule has 0 fully saturated rings. The van der Waals surface area contributed by atoms with E-state index in [1.807, 2.05) is 0 Å². The van der Waals surface area contributed by atoms with Crippen LogP contribution < -0.4 is 0 Å². The molecule has 0 saturated carbocycles. The van der Waals surface area contributed by atoms with Crippen molar-refractivity contribution >= 4 is 17.6 Å². The second kappa shape index (κ2) is 5.74. The first-order chi connectivity index (χ1) is 7.22. The summed E-state index contributed by atoms with van der Waals surface area (Å²) in [6.45, 7) is 0. The van der Waals surface area contributed by atoms with Crippen LogP contribution in [-0.2, 0) is 9.53 Å². The molecule has 0 amide bonds. The van der Waals surface area contributed by atoms with Crippen LogP contribution in [0.1, 0.15) is 12.8 Å². The van der Waals surface area contributed by atoms with E-state index in [0.717, 1.165) is 0 Å². The van der Waals surface area contributed by atoms with Gasteiger partial charge in [0.1, 0.15) is 0 Å². The first-order valence-electron chi connectivity index (χ1n) is 4.45. The van der Waals surface area contributed by atoms with Crippen LogP contribution in [0.2, 0.25) is 0 Å². The lowest BCUT2D eigenvalue weighted by Crippen LogP contribution is -2.05. The molecule has 0 radical (unpaired) electrons. The number of aromatic nitrogens is 1. The van der Waals surface area contributed by atoms with Gasteiger partial charge in [-0.1, -0.05) is 0 Å². The van der Waals surface area contributed by atoms with Gasteiger partial charge in [-0.3, -0.25) is 9.78 Å². The highest BCUT2D eigenvalue weighted by Gasteiger charge is 2.03. The van der Waals surface area contributed by atoms with E-state index in [0.29, 0.717) is 11.6 Å². The lowest BCUT2D eigenvalue weighted by Gasteiger charge is -2.02. The van der Waals surface area contributed by atoms with E-state index in [1.54, 1.807) is 24.5 Å². The van der Waals surface area contributed by atoms with Gasteiger partial charge >= 0.3 is 5.97 Å². The van der Waals surface area contributed by atoms with Crippen molar-refractivity contribution in [1.82, 2.24) is 4.98 Å². The largest absolute Gasteiger partial charge is 0.484 e. The average Bonchev–Trinajstić information content (AvgIpc) is 2.25. The fraction of sp³-hybridized carbons (Fsp3) is 0.300. The summed E-state index contributed by atoms with van der Waals surface area (Å²) in [7, 11) is 1.47. The summed E-state index contributed by atoms with van der Waals surface area (Å²) in [5.74, 6) is -0.476. The number of carbonyl (C=O) groups is 1. The average molecular weight is 208 g/mol. The minimum absolute atomic E-state index is 0.00688. The number of ether oxygens (including phenoxy) is 1. The number of carboxylic acid groups (broad SMARTS) is 1. The summed E-state index contributed by atoms with van der Waals surface area (Å²) in [6.07, 6.45) is 3.51. The van der Waals surface area contributed by atoms with Gasteiger partial charge in [0.2, 0.25) is 0 Å². The number of nitrogens with zero attached hydrogens (tertiary/aromatic N) is 2. The summed E-state index contributed by atoms with van der Waals surface area (Å²) in [5, 5.41) is 8.50. The number of hydrogen-bond acceptors (Lipinski definition) is 4. The first-order valence-corrected chi connectivity index (χ1v) is 4.45. The van der Waals surface area contributed by atoms with Crippen molar-refractivity contribution in [2.45, 2.75) is 12.8 Å². The molecule has 0 unspecified atom stereocenters. The number of hydrogen-bond donors (Lipinski definition) is 1. The third-order valence-electron chi connectivity index (χ3n) is 1.69. The SMILES string of the molecule is COC(CCC(=O)O)=Nc1cccnc1. The number of methoxy groups -OCH3 is 1. The fourth-order valence-corrected chi connectivity index (χ4v) is 0.981. The Bertz CT molecular complexity index is 349. The van der Waals surface area contributed by atoms with E-state index in [-0.39, 0.29) is 12.8 Å². The van der Waals surface area contributed by atoms with Gasteiger partial charge in [0.15, 0.2) is 5.90 Å². The van der Waals surface area contributed by atoms with Crippen molar-refractivity contribution in [1.29, 1.82) is 0 Å². The Morgan fingerprint density at radius 1 is 1.60 bits per heavy atom. The predicted molar refractivity (Wildman–Crippen MR) is 55.2 cm³/mol. The van der Waals surface area contributed by atoms with Crippen molar-refractivity contribution in [2.75, 3.05) is 7.11 Å². The molecule has 0 aliphatic carbocycles. The third kappa shape index (κ3) is 4.21. The molecule has 0 saturated heterocycles. The zero-order chi connectivity index (χ0) is 11.1. The van der Waals surface area contributed by atoms with Crippen molar-refractivity contribution in [3.8, 4) is 0 Å². The molecular weight excluding hydrogens is 196 g/mol. The van der Waals surface area contributed by atoms with Crippen molar-refractivity contribution < 1.29 is 14.6 Å². The van der Waals surface area contributed by atoms with Gasteiger partial charge in [-0.15, -0.1) is 0 Å². The Morgan fingerprint density at radius 2 is 2.40 bits per heavy atom. The Labute approximate surface area is 87.4 Å². The predicted octanol–water partition coefficient (Wildman–Crippen LogP) is 1.62. The van der Waals surface area contributed by atoms with Gasteiger partial charge in [0.05, 0.1) is 25.4 Å². The molecule has 80 valence electrons. The first kappa shape index (κ1) is 11.2. The van der Waals surface area contributed by atoms with E-state index >= 15 is 0 Å². The fourth-order valence-electron chi connectivity index (χ4n) is 0.981. The lowest BCUT2D eigenvalue weighted by atomic mass is 10.3. The molecule has 0 aliphatic rings. The molecule has 0 atom stereocenters. The molecule has 1 rings (SSSR count). The minimum Gasteiger partial charge on any atom is -0.484 e. The topological polar surface area (TPSA) is 71.8 Å². The van der Waals surface area contributed by atoms with E-state index < -0.39 is 5.97 Å². The van der Waals surface area contributed by atoms with Crippen molar-refractivity contribution in [3.63, 3.8) is 0 Å². The van der Waals surface area contributed by atoms with E-state index in [9.17, 15) is 4.79 Å². The van der Waals surface area contributed by atoms with E-state index in [1.165, 1.54) is 7.11 Å². The van der Waals surface area contributed by atoms with Crippen LogP contribution >= 0.6 is 0 Å². The number of aliphatic carboxylic acids is 1. The maximum atomic E-state index is 10.3. The quantitative estimate of drug-likeness (QED) is 0.602. The molecule has 0 aliphatic heterocycles. The molecule has 0 spiro atoms. The van der Waals surface area contributed by atoms with Gasteiger partial charge in [0, 0.05) is 12.6 Å². The van der Waals surface area contributed by atoms with E-state index in [4.69, 9.17) is 9.84 Å². The standard InChI is InChI=1S/C10H12N2O3/c1-15-9(4-5-10(13)14)12-8-3-2-6-11-7-8/h2-3,6-7H,4-5H2,1H3,(H,13,14). The van der Waals surface area contributed by atoms with Crippen LogP contribution in [-0.4, -0.2) is 29.1 Å². The molecule has 0 aromatic carbocycles. The van der Waals surface area contributed by atoms with E-state index in [2.05, 4.69) is 9.98 Å². The van der Waals surface area contributed by atoms with Gasteiger partial charge in [-0.05, 0) is 12.1 Å². The van der Waals surface area contributed by atoms with Crippen LogP contribution in [0.4, 0.5) is 5.69 Å². The van der Waals surface area contributed by atoms with Crippen LogP contribution in [0.5, 0.6) is 0 Å². The summed E-state index contributed by atoms with van der Waals surface area (Å²) < 4.78 is 4.96. The summed E-state index contributed by atoms with van der Waals surface area (Å²) in [6, 6.07) is 3.52. The molecule has 5 heteroatoms. The van der Waals surface area contributed by atoms with Crippen LogP contribution in [0, 0.1) is 0 Å². The van der Waals surface area contributed by atoms with Gasteiger partial charge in [-0.25, -0.2) is 4.99 Å². The zero-order valence-electron chi connectivity index (χ0n) is 8.38. The Balaban J connectivity index is 2.65. The highest BCUT2D eigenvalue weighted by atomic mass is 16.5.